The molecule has 0 unspecified atom stereocenters. The maximum Gasteiger partial charge on any atom is 0.573 e. The number of benzene rings is 1. The van der Waals surface area contributed by atoms with E-state index < -0.39 is 12.5 Å². The fraction of sp³-hybridized carbons (Fsp3) is 0.429. The predicted molar refractivity (Wildman–Crippen MR) is 72.4 cm³/mol. The summed E-state index contributed by atoms with van der Waals surface area (Å²) in [5, 5.41) is 13.5. The van der Waals surface area contributed by atoms with Gasteiger partial charge in [0.25, 0.3) is 0 Å². The van der Waals surface area contributed by atoms with E-state index in [0.29, 0.717) is 24.4 Å². The molecule has 23 heavy (non-hydrogen) atoms. The molecule has 0 amide bonds. The molecule has 3 rings (SSSR count). The first kappa shape index (κ1) is 15.8. The number of aliphatic hydroxyl groups is 1. The highest BCUT2D eigenvalue weighted by molar-refractivity contribution is 5.55. The SMILES string of the molecule is CN1C[C@H](O)C[C@H]1c1nc(-c2ccc(OC(F)(F)F)cc2)no1. The molecule has 2 aromatic rings. The molecule has 0 spiro atoms. The first-order valence-corrected chi connectivity index (χ1v) is 6.90. The molecule has 1 saturated heterocycles. The molecule has 0 aliphatic carbocycles. The lowest BCUT2D eigenvalue weighted by atomic mass is 10.2. The van der Waals surface area contributed by atoms with Gasteiger partial charge in [-0.05, 0) is 37.7 Å². The maximum absolute atomic E-state index is 12.1. The Morgan fingerprint density at radius 1 is 1.30 bits per heavy atom. The van der Waals surface area contributed by atoms with E-state index in [0.717, 1.165) is 0 Å². The molecular weight excluding hydrogens is 315 g/mol. The van der Waals surface area contributed by atoms with Crippen LogP contribution in [-0.2, 0) is 0 Å². The van der Waals surface area contributed by atoms with Crippen LogP contribution in [0.15, 0.2) is 28.8 Å². The zero-order valence-corrected chi connectivity index (χ0v) is 12.1. The zero-order chi connectivity index (χ0) is 16.6. The molecule has 2 atom stereocenters. The lowest BCUT2D eigenvalue weighted by molar-refractivity contribution is -0.274. The Morgan fingerprint density at radius 2 is 2.00 bits per heavy atom. The number of alkyl halides is 3. The van der Waals surface area contributed by atoms with Gasteiger partial charge in [-0.15, -0.1) is 13.2 Å². The van der Waals surface area contributed by atoms with E-state index in [-0.39, 0.29) is 17.6 Å². The molecule has 2 heterocycles. The topological polar surface area (TPSA) is 71.6 Å². The first-order valence-electron chi connectivity index (χ1n) is 6.90. The van der Waals surface area contributed by atoms with Gasteiger partial charge in [-0.1, -0.05) is 5.16 Å². The minimum absolute atomic E-state index is 0.168. The molecular formula is C14H14F3N3O3. The summed E-state index contributed by atoms with van der Waals surface area (Å²) >= 11 is 0. The van der Waals surface area contributed by atoms with Crippen molar-refractivity contribution in [1.29, 1.82) is 0 Å². The number of aromatic nitrogens is 2. The third-order valence-electron chi connectivity index (χ3n) is 3.60. The van der Waals surface area contributed by atoms with Gasteiger partial charge in [0.05, 0.1) is 12.1 Å². The summed E-state index contributed by atoms with van der Waals surface area (Å²) in [6, 6.07) is 5.04. The Labute approximate surface area is 129 Å². The summed E-state index contributed by atoms with van der Waals surface area (Å²) in [6.45, 7) is 0.520. The highest BCUT2D eigenvalue weighted by Gasteiger charge is 2.33. The molecule has 1 aliphatic rings. The van der Waals surface area contributed by atoms with Gasteiger partial charge in [0, 0.05) is 12.1 Å². The van der Waals surface area contributed by atoms with Gasteiger partial charge in [0.2, 0.25) is 11.7 Å². The Kier molecular flexibility index (Phi) is 3.99. The lowest BCUT2D eigenvalue weighted by Gasteiger charge is -2.13. The van der Waals surface area contributed by atoms with Crippen molar-refractivity contribution in [2.24, 2.45) is 0 Å². The number of ether oxygens (including phenoxy) is 1. The molecule has 1 aliphatic heterocycles. The molecule has 124 valence electrons. The summed E-state index contributed by atoms with van der Waals surface area (Å²) in [6.07, 6.45) is -4.68. The number of likely N-dealkylation sites (tertiary alicyclic amines) is 1. The Hall–Kier alpha value is -2.13. The van der Waals surface area contributed by atoms with Crippen molar-refractivity contribution in [1.82, 2.24) is 15.0 Å². The number of nitrogens with zero attached hydrogens (tertiary/aromatic N) is 3. The Balaban J connectivity index is 1.75. The third-order valence-corrected chi connectivity index (χ3v) is 3.60. The highest BCUT2D eigenvalue weighted by Crippen LogP contribution is 2.31. The van der Waals surface area contributed by atoms with Gasteiger partial charge in [-0.3, -0.25) is 4.90 Å². The zero-order valence-electron chi connectivity index (χ0n) is 12.1. The molecule has 0 saturated carbocycles. The highest BCUT2D eigenvalue weighted by atomic mass is 19.4. The Morgan fingerprint density at radius 3 is 2.57 bits per heavy atom. The van der Waals surface area contributed by atoms with Gasteiger partial charge < -0.3 is 14.4 Å². The van der Waals surface area contributed by atoms with Crippen LogP contribution in [0, 0.1) is 0 Å². The van der Waals surface area contributed by atoms with E-state index in [9.17, 15) is 18.3 Å². The second-order valence-electron chi connectivity index (χ2n) is 5.37. The number of hydrogen-bond acceptors (Lipinski definition) is 6. The molecule has 0 bridgehead atoms. The van der Waals surface area contributed by atoms with Crippen LogP contribution in [0.4, 0.5) is 13.2 Å². The van der Waals surface area contributed by atoms with Gasteiger partial charge in [-0.25, -0.2) is 0 Å². The van der Waals surface area contributed by atoms with E-state index in [1.807, 2.05) is 11.9 Å². The largest absolute Gasteiger partial charge is 0.573 e. The van der Waals surface area contributed by atoms with E-state index >= 15 is 0 Å². The van der Waals surface area contributed by atoms with Crippen molar-refractivity contribution in [3.05, 3.63) is 30.2 Å². The average Bonchev–Trinajstić information content (AvgIpc) is 3.04. The molecule has 1 fully saturated rings. The summed E-state index contributed by atoms with van der Waals surface area (Å²) in [4.78, 5) is 6.16. The van der Waals surface area contributed by atoms with Crippen LogP contribution in [0.3, 0.4) is 0 Å². The van der Waals surface area contributed by atoms with Gasteiger partial charge in [0.15, 0.2) is 0 Å². The van der Waals surface area contributed by atoms with Crippen LogP contribution in [0.2, 0.25) is 0 Å². The average molecular weight is 329 g/mol. The summed E-state index contributed by atoms with van der Waals surface area (Å²) in [5.74, 6) is 0.326. The second kappa shape index (κ2) is 5.82. The number of likely N-dealkylation sites (N-methyl/N-ethyl adjacent to an activating group) is 1. The monoisotopic (exact) mass is 329 g/mol. The fourth-order valence-electron chi connectivity index (χ4n) is 2.55. The number of halogens is 3. The van der Waals surface area contributed by atoms with Crippen LogP contribution in [0.5, 0.6) is 5.75 Å². The smallest absolute Gasteiger partial charge is 0.406 e. The lowest BCUT2D eigenvalue weighted by Crippen LogP contribution is -2.19. The van der Waals surface area contributed by atoms with Gasteiger partial charge in [0.1, 0.15) is 5.75 Å². The first-order chi connectivity index (χ1) is 10.8. The van der Waals surface area contributed by atoms with Crippen molar-refractivity contribution in [3.63, 3.8) is 0 Å². The van der Waals surface area contributed by atoms with Crippen molar-refractivity contribution in [3.8, 4) is 17.1 Å². The van der Waals surface area contributed by atoms with Gasteiger partial charge in [-0.2, -0.15) is 4.98 Å². The minimum Gasteiger partial charge on any atom is -0.406 e. The van der Waals surface area contributed by atoms with Crippen molar-refractivity contribution < 1.29 is 27.5 Å². The number of aliphatic hydroxyl groups excluding tert-OH is 1. The van der Waals surface area contributed by atoms with E-state index in [2.05, 4.69) is 14.9 Å². The molecule has 0 radical (unpaired) electrons. The van der Waals surface area contributed by atoms with Crippen molar-refractivity contribution in [2.75, 3.05) is 13.6 Å². The molecule has 1 aromatic carbocycles. The molecule has 1 N–H and O–H groups in total. The standard InChI is InChI=1S/C14H14F3N3O3/c1-20-7-9(21)6-11(20)13-18-12(19-23-13)8-2-4-10(5-3-8)22-14(15,16)17/h2-5,9,11,21H,6-7H2,1H3/t9-,11+/m1/s1. The fourth-order valence-corrected chi connectivity index (χ4v) is 2.55. The number of β-amino-alcohol motifs (C(OH)–C–C–N with tert-alkyl or cyclic N) is 1. The van der Waals surface area contributed by atoms with Crippen LogP contribution >= 0.6 is 0 Å². The Bertz CT molecular complexity index is 672. The molecule has 9 heteroatoms. The van der Waals surface area contributed by atoms with Crippen LogP contribution in [-0.4, -0.2) is 46.2 Å². The maximum atomic E-state index is 12.1. The summed E-state index contributed by atoms with van der Waals surface area (Å²) in [5.41, 5.74) is 0.510. The number of rotatable bonds is 3. The summed E-state index contributed by atoms with van der Waals surface area (Å²) in [7, 11) is 1.84. The van der Waals surface area contributed by atoms with Gasteiger partial charge >= 0.3 is 6.36 Å². The molecule has 6 nitrogen and oxygen atoms in total. The molecule has 1 aromatic heterocycles. The van der Waals surface area contributed by atoms with Crippen molar-refractivity contribution in [2.45, 2.75) is 24.9 Å². The van der Waals surface area contributed by atoms with Crippen molar-refractivity contribution >= 4 is 0 Å². The minimum atomic E-state index is -4.73. The second-order valence-corrected chi connectivity index (χ2v) is 5.37. The van der Waals surface area contributed by atoms with E-state index in [1.54, 1.807) is 0 Å². The predicted octanol–water partition coefficient (Wildman–Crippen LogP) is 2.37. The van der Waals surface area contributed by atoms with E-state index in [4.69, 9.17) is 4.52 Å². The third kappa shape index (κ3) is 3.62. The van der Waals surface area contributed by atoms with Crippen LogP contribution in [0.1, 0.15) is 18.4 Å². The summed E-state index contributed by atoms with van der Waals surface area (Å²) < 4.78 is 45.4. The normalized spacial score (nSPS) is 22.5. The van der Waals surface area contributed by atoms with Crippen LogP contribution < -0.4 is 4.74 Å². The quantitative estimate of drug-likeness (QED) is 0.932. The number of hydrogen-bond donors (Lipinski definition) is 1. The van der Waals surface area contributed by atoms with E-state index in [1.165, 1.54) is 24.3 Å². The van der Waals surface area contributed by atoms with Crippen LogP contribution in [0.25, 0.3) is 11.4 Å².